The molecule has 2 heterocycles. The Hall–Kier alpha value is -2.17. The summed E-state index contributed by atoms with van der Waals surface area (Å²) in [5, 5.41) is 8.73. The summed E-state index contributed by atoms with van der Waals surface area (Å²) in [6.45, 7) is 1.95. The van der Waals surface area contributed by atoms with E-state index in [1.807, 2.05) is 18.2 Å². The fraction of sp³-hybridized carbons (Fsp3) is 0.357. The molecule has 0 atom stereocenters. The van der Waals surface area contributed by atoms with E-state index in [0.717, 1.165) is 48.7 Å². The quantitative estimate of drug-likeness (QED) is 0.825. The third-order valence-corrected chi connectivity index (χ3v) is 3.45. The number of carbonyl (C=O) groups is 1. The Morgan fingerprint density at radius 2 is 1.95 bits per heavy atom. The van der Waals surface area contributed by atoms with E-state index in [2.05, 4.69) is 4.90 Å². The van der Waals surface area contributed by atoms with Gasteiger partial charge in [-0.3, -0.25) is 0 Å². The van der Waals surface area contributed by atoms with Gasteiger partial charge in [0.15, 0.2) is 11.5 Å². The van der Waals surface area contributed by atoms with Crippen LogP contribution in [0.4, 0.5) is 5.69 Å². The maximum absolute atomic E-state index is 10.6. The molecule has 5 nitrogen and oxygen atoms in total. The van der Waals surface area contributed by atoms with Crippen molar-refractivity contribution < 1.29 is 19.4 Å². The van der Waals surface area contributed by atoms with Crippen molar-refractivity contribution in [3.63, 3.8) is 0 Å². The van der Waals surface area contributed by atoms with Gasteiger partial charge in [0, 0.05) is 30.9 Å². The Kier molecular flexibility index (Phi) is 3.03. The second-order valence-corrected chi connectivity index (χ2v) is 4.67. The number of rotatable bonds is 2. The molecule has 0 unspecified atom stereocenters. The van der Waals surface area contributed by atoms with Crippen LogP contribution in [0.5, 0.6) is 11.5 Å². The third-order valence-electron chi connectivity index (χ3n) is 3.45. The highest BCUT2D eigenvalue weighted by Crippen LogP contribution is 2.36. The van der Waals surface area contributed by atoms with Gasteiger partial charge in [0.2, 0.25) is 6.79 Å². The molecule has 5 heteroatoms. The van der Waals surface area contributed by atoms with E-state index < -0.39 is 5.97 Å². The topological polar surface area (TPSA) is 59.0 Å². The molecule has 1 N–H and O–H groups in total. The van der Waals surface area contributed by atoms with Crippen LogP contribution in [-0.2, 0) is 4.79 Å². The average Bonchev–Trinajstić information content (AvgIpc) is 2.86. The van der Waals surface area contributed by atoms with E-state index in [-0.39, 0.29) is 6.79 Å². The van der Waals surface area contributed by atoms with Crippen molar-refractivity contribution in [1.29, 1.82) is 0 Å². The van der Waals surface area contributed by atoms with Gasteiger partial charge in [0.05, 0.1) is 0 Å². The van der Waals surface area contributed by atoms with Crippen molar-refractivity contribution in [1.82, 2.24) is 0 Å². The van der Waals surface area contributed by atoms with E-state index in [0.29, 0.717) is 0 Å². The molecule has 1 aromatic rings. The zero-order valence-electron chi connectivity index (χ0n) is 10.5. The first-order valence-corrected chi connectivity index (χ1v) is 6.29. The number of aliphatic carboxylic acids is 1. The van der Waals surface area contributed by atoms with Gasteiger partial charge >= 0.3 is 5.97 Å². The minimum Gasteiger partial charge on any atom is -0.478 e. The molecule has 2 aliphatic heterocycles. The summed E-state index contributed by atoms with van der Waals surface area (Å²) < 4.78 is 10.7. The number of nitrogens with zero attached hydrogens (tertiary/aromatic N) is 1. The second-order valence-electron chi connectivity index (χ2n) is 4.67. The monoisotopic (exact) mass is 261 g/mol. The molecule has 0 amide bonds. The van der Waals surface area contributed by atoms with Crippen molar-refractivity contribution in [2.24, 2.45) is 0 Å². The Balaban J connectivity index is 1.70. The summed E-state index contributed by atoms with van der Waals surface area (Å²) in [7, 11) is 0. The van der Waals surface area contributed by atoms with Crippen LogP contribution in [0.25, 0.3) is 0 Å². The van der Waals surface area contributed by atoms with Gasteiger partial charge in [-0.15, -0.1) is 0 Å². The largest absolute Gasteiger partial charge is 0.478 e. The van der Waals surface area contributed by atoms with Crippen LogP contribution in [0, 0.1) is 0 Å². The van der Waals surface area contributed by atoms with Crippen molar-refractivity contribution in [2.45, 2.75) is 12.8 Å². The Labute approximate surface area is 111 Å². The molecule has 0 radical (unpaired) electrons. The first-order chi connectivity index (χ1) is 9.22. The molecule has 3 rings (SSSR count). The molecule has 0 aliphatic carbocycles. The molecular formula is C14H15NO4. The maximum atomic E-state index is 10.6. The third kappa shape index (κ3) is 2.50. The van der Waals surface area contributed by atoms with Crippen molar-refractivity contribution in [3.8, 4) is 11.5 Å². The predicted molar refractivity (Wildman–Crippen MR) is 69.7 cm³/mol. The van der Waals surface area contributed by atoms with E-state index in [9.17, 15) is 4.79 Å². The second kappa shape index (κ2) is 4.84. The number of anilines is 1. The maximum Gasteiger partial charge on any atom is 0.328 e. The minimum absolute atomic E-state index is 0.282. The lowest BCUT2D eigenvalue weighted by Crippen LogP contribution is -2.30. The van der Waals surface area contributed by atoms with E-state index in [1.165, 1.54) is 6.08 Å². The average molecular weight is 261 g/mol. The van der Waals surface area contributed by atoms with Gasteiger partial charge in [-0.1, -0.05) is 5.57 Å². The highest BCUT2D eigenvalue weighted by atomic mass is 16.7. The fourth-order valence-electron chi connectivity index (χ4n) is 2.45. The van der Waals surface area contributed by atoms with Crippen molar-refractivity contribution >= 4 is 11.7 Å². The van der Waals surface area contributed by atoms with Gasteiger partial charge in [-0.05, 0) is 25.0 Å². The van der Waals surface area contributed by atoms with Crippen LogP contribution in [0.3, 0.4) is 0 Å². The van der Waals surface area contributed by atoms with Crippen LogP contribution in [0.15, 0.2) is 29.8 Å². The van der Waals surface area contributed by atoms with Crippen LogP contribution >= 0.6 is 0 Å². The lowest BCUT2D eigenvalue weighted by atomic mass is 10.0. The Morgan fingerprint density at radius 1 is 1.21 bits per heavy atom. The smallest absolute Gasteiger partial charge is 0.328 e. The SMILES string of the molecule is O=C(O)C=C1CCN(c2ccc3c(c2)OCO3)CC1. The number of benzene rings is 1. The summed E-state index contributed by atoms with van der Waals surface area (Å²) in [6, 6.07) is 5.91. The van der Waals surface area contributed by atoms with Crippen LogP contribution in [0.1, 0.15) is 12.8 Å². The first-order valence-electron chi connectivity index (χ1n) is 6.29. The number of carboxylic acids is 1. The lowest BCUT2D eigenvalue weighted by molar-refractivity contribution is -0.131. The normalized spacial score (nSPS) is 17.5. The minimum atomic E-state index is -0.855. The molecule has 1 aromatic carbocycles. The van der Waals surface area contributed by atoms with Gasteiger partial charge in [-0.25, -0.2) is 4.79 Å². The standard InChI is InChI=1S/C14H15NO4/c16-14(17)7-10-3-5-15(6-4-10)11-1-2-12-13(8-11)19-9-18-12/h1-2,7-8H,3-6,9H2,(H,16,17). The predicted octanol–water partition coefficient (Wildman–Crippen LogP) is 2.03. The van der Waals surface area contributed by atoms with E-state index in [4.69, 9.17) is 14.6 Å². The summed E-state index contributed by atoms with van der Waals surface area (Å²) in [5.41, 5.74) is 2.10. The van der Waals surface area contributed by atoms with Gasteiger partial charge < -0.3 is 19.5 Å². The summed E-state index contributed by atoms with van der Waals surface area (Å²) in [4.78, 5) is 12.9. The Bertz CT molecular complexity index is 528. The number of carboxylic acid groups (broad SMARTS) is 1. The van der Waals surface area contributed by atoms with Gasteiger partial charge in [0.1, 0.15) is 0 Å². The highest BCUT2D eigenvalue weighted by molar-refractivity contribution is 5.80. The van der Waals surface area contributed by atoms with Crippen molar-refractivity contribution in [2.75, 3.05) is 24.8 Å². The van der Waals surface area contributed by atoms with E-state index >= 15 is 0 Å². The molecule has 19 heavy (non-hydrogen) atoms. The zero-order chi connectivity index (χ0) is 13.2. The van der Waals surface area contributed by atoms with Gasteiger partial charge in [0.25, 0.3) is 0 Å². The lowest BCUT2D eigenvalue weighted by Gasteiger charge is -2.30. The van der Waals surface area contributed by atoms with Crippen molar-refractivity contribution in [3.05, 3.63) is 29.8 Å². The number of hydrogen-bond acceptors (Lipinski definition) is 4. The molecule has 2 aliphatic rings. The number of ether oxygens (including phenoxy) is 2. The number of piperidine rings is 1. The molecule has 0 aromatic heterocycles. The van der Waals surface area contributed by atoms with Crippen LogP contribution < -0.4 is 14.4 Å². The molecule has 0 saturated carbocycles. The van der Waals surface area contributed by atoms with Crippen LogP contribution in [-0.4, -0.2) is 31.0 Å². The fourth-order valence-corrected chi connectivity index (χ4v) is 2.45. The summed E-state index contributed by atoms with van der Waals surface area (Å²) in [6.07, 6.45) is 2.92. The van der Waals surface area contributed by atoms with E-state index in [1.54, 1.807) is 0 Å². The molecule has 1 saturated heterocycles. The zero-order valence-corrected chi connectivity index (χ0v) is 10.5. The molecule has 0 bridgehead atoms. The Morgan fingerprint density at radius 3 is 2.68 bits per heavy atom. The first kappa shape index (κ1) is 11.9. The molecule has 1 fully saturated rings. The van der Waals surface area contributed by atoms with Gasteiger partial charge in [-0.2, -0.15) is 0 Å². The number of hydrogen-bond donors (Lipinski definition) is 1. The summed E-state index contributed by atoms with van der Waals surface area (Å²) >= 11 is 0. The highest BCUT2D eigenvalue weighted by Gasteiger charge is 2.19. The molecule has 100 valence electrons. The van der Waals surface area contributed by atoms with Crippen LogP contribution in [0.2, 0.25) is 0 Å². The number of fused-ring (bicyclic) bond motifs is 1. The molecular weight excluding hydrogens is 246 g/mol. The molecule has 0 spiro atoms. The summed E-state index contributed by atoms with van der Waals surface area (Å²) in [5.74, 6) is 0.711.